The van der Waals surface area contributed by atoms with Crippen molar-refractivity contribution in [2.24, 2.45) is 0 Å². The fraction of sp³-hybridized carbons (Fsp3) is 0.462. The first kappa shape index (κ1) is 16.3. The van der Waals surface area contributed by atoms with Crippen LogP contribution in [-0.4, -0.2) is 42.3 Å². The van der Waals surface area contributed by atoms with Gasteiger partial charge in [0.05, 0.1) is 6.10 Å². The average molecular weight is 290 g/mol. The van der Waals surface area contributed by atoms with Gasteiger partial charge in [-0.15, -0.1) is 0 Å². The molecule has 1 atom stereocenters. The summed E-state index contributed by atoms with van der Waals surface area (Å²) in [6.07, 6.45) is -0.478. The Morgan fingerprint density at radius 1 is 1.35 bits per heavy atom. The molecule has 0 saturated carbocycles. The first-order chi connectivity index (χ1) is 9.31. The number of rotatable bonds is 5. The highest BCUT2D eigenvalue weighted by Crippen LogP contribution is 2.13. The van der Waals surface area contributed by atoms with Crippen LogP contribution in [0.25, 0.3) is 0 Å². The molecular weight excluding hydrogens is 273 g/mol. The van der Waals surface area contributed by atoms with Gasteiger partial charge >= 0.3 is 6.03 Å². The summed E-state index contributed by atoms with van der Waals surface area (Å²) in [6, 6.07) is 1.38. The number of hydrogen-bond donors (Lipinski definition) is 2. The smallest absolute Gasteiger partial charge is 0.317 e. The summed E-state index contributed by atoms with van der Waals surface area (Å²) >= 11 is 0. The third-order valence-electron chi connectivity index (χ3n) is 2.62. The molecule has 7 heteroatoms. The summed E-state index contributed by atoms with van der Waals surface area (Å²) in [4.78, 5) is 12.8. The molecule has 0 bridgehead atoms. The molecule has 0 aliphatic carbocycles. The lowest BCUT2D eigenvalue weighted by atomic mass is 10.1. The molecule has 0 heterocycles. The van der Waals surface area contributed by atoms with Gasteiger partial charge in [-0.1, -0.05) is 0 Å². The van der Waals surface area contributed by atoms with E-state index in [0.29, 0.717) is 0 Å². The summed E-state index contributed by atoms with van der Waals surface area (Å²) in [5.41, 5.74) is 0.250. The van der Waals surface area contributed by atoms with Crippen molar-refractivity contribution in [1.29, 1.82) is 0 Å². The molecule has 2 N–H and O–H groups in total. The number of urea groups is 1. The van der Waals surface area contributed by atoms with Gasteiger partial charge in [-0.2, -0.15) is 0 Å². The second-order valence-electron chi connectivity index (χ2n) is 4.58. The van der Waals surface area contributed by atoms with Crippen LogP contribution < -0.4 is 5.32 Å². The van der Waals surface area contributed by atoms with E-state index in [0.717, 1.165) is 12.1 Å². The molecule has 20 heavy (non-hydrogen) atoms. The van der Waals surface area contributed by atoms with E-state index < -0.39 is 29.6 Å². The molecule has 1 rings (SSSR count). The number of carbonyl (C=O) groups excluding carboxylic acids is 1. The third kappa shape index (κ3) is 4.73. The van der Waals surface area contributed by atoms with E-state index in [1.54, 1.807) is 6.92 Å². The first-order valence-electron chi connectivity index (χ1n) is 6.11. The van der Waals surface area contributed by atoms with E-state index >= 15 is 0 Å². The molecule has 2 amide bonds. The van der Waals surface area contributed by atoms with Crippen molar-refractivity contribution in [3.05, 3.63) is 35.1 Å². The molecule has 0 unspecified atom stereocenters. The highest BCUT2D eigenvalue weighted by molar-refractivity contribution is 5.73. The van der Waals surface area contributed by atoms with Crippen molar-refractivity contribution < 1.29 is 23.1 Å². The molecule has 1 aromatic carbocycles. The average Bonchev–Trinajstić information content (AvgIpc) is 2.34. The number of hydrogen-bond acceptors (Lipinski definition) is 2. The molecule has 0 aromatic heterocycles. The van der Waals surface area contributed by atoms with Gasteiger partial charge < -0.3 is 15.3 Å². The Labute approximate surface area is 115 Å². The SMILES string of the molecule is C[C@H](O)CN(C)C(=O)NCCc1cc(F)c(F)c(F)c1. The molecule has 0 saturated heterocycles. The van der Waals surface area contributed by atoms with Crippen LogP contribution in [0.4, 0.5) is 18.0 Å². The number of halogens is 3. The number of aliphatic hydroxyl groups excluding tert-OH is 1. The minimum atomic E-state index is -1.51. The van der Waals surface area contributed by atoms with Crippen LogP contribution in [0.3, 0.4) is 0 Å². The van der Waals surface area contributed by atoms with E-state index in [-0.39, 0.29) is 25.1 Å². The molecule has 0 radical (unpaired) electrons. The number of nitrogens with one attached hydrogen (secondary N) is 1. The number of carbonyl (C=O) groups is 1. The maximum atomic E-state index is 13.0. The fourth-order valence-electron chi connectivity index (χ4n) is 1.68. The topological polar surface area (TPSA) is 52.6 Å². The quantitative estimate of drug-likeness (QED) is 0.811. The van der Waals surface area contributed by atoms with Crippen LogP contribution >= 0.6 is 0 Å². The van der Waals surface area contributed by atoms with Crippen LogP contribution in [0.15, 0.2) is 12.1 Å². The maximum Gasteiger partial charge on any atom is 0.317 e. The van der Waals surface area contributed by atoms with E-state index in [9.17, 15) is 18.0 Å². The number of aliphatic hydroxyl groups is 1. The van der Waals surface area contributed by atoms with Gasteiger partial charge in [0.15, 0.2) is 17.5 Å². The molecule has 1 aromatic rings. The van der Waals surface area contributed by atoms with Crippen LogP contribution in [0.2, 0.25) is 0 Å². The van der Waals surface area contributed by atoms with E-state index in [1.807, 2.05) is 0 Å². The van der Waals surface area contributed by atoms with Gasteiger partial charge in [0, 0.05) is 20.1 Å². The fourth-order valence-corrected chi connectivity index (χ4v) is 1.68. The van der Waals surface area contributed by atoms with Gasteiger partial charge in [-0.25, -0.2) is 18.0 Å². The molecule has 0 spiro atoms. The minimum absolute atomic E-state index is 0.146. The summed E-state index contributed by atoms with van der Waals surface area (Å²) in [6.45, 7) is 1.87. The van der Waals surface area contributed by atoms with Crippen molar-refractivity contribution in [1.82, 2.24) is 10.2 Å². The zero-order valence-electron chi connectivity index (χ0n) is 11.3. The lowest BCUT2D eigenvalue weighted by molar-refractivity contribution is 0.144. The molecule has 4 nitrogen and oxygen atoms in total. The largest absolute Gasteiger partial charge is 0.392 e. The van der Waals surface area contributed by atoms with Crippen molar-refractivity contribution in [2.45, 2.75) is 19.4 Å². The van der Waals surface area contributed by atoms with Crippen LogP contribution in [0, 0.1) is 17.5 Å². The van der Waals surface area contributed by atoms with Crippen molar-refractivity contribution in [2.75, 3.05) is 20.1 Å². The number of amides is 2. The molecule has 112 valence electrons. The van der Waals surface area contributed by atoms with Gasteiger partial charge in [0.2, 0.25) is 0 Å². The number of nitrogens with zero attached hydrogens (tertiary/aromatic N) is 1. The van der Waals surface area contributed by atoms with Gasteiger partial charge in [0.1, 0.15) is 0 Å². The Morgan fingerprint density at radius 3 is 2.40 bits per heavy atom. The lowest BCUT2D eigenvalue weighted by Gasteiger charge is -2.19. The van der Waals surface area contributed by atoms with Crippen LogP contribution in [0.5, 0.6) is 0 Å². The van der Waals surface area contributed by atoms with Gasteiger partial charge in [-0.3, -0.25) is 0 Å². The maximum absolute atomic E-state index is 13.0. The Hall–Kier alpha value is -1.76. The van der Waals surface area contributed by atoms with Crippen molar-refractivity contribution in [3.63, 3.8) is 0 Å². The van der Waals surface area contributed by atoms with Gasteiger partial charge in [0.25, 0.3) is 0 Å². The Balaban J connectivity index is 2.47. The molecule has 0 fully saturated rings. The monoisotopic (exact) mass is 290 g/mol. The summed E-state index contributed by atoms with van der Waals surface area (Å²) in [7, 11) is 1.51. The molecule has 0 aliphatic rings. The predicted octanol–water partition coefficient (Wildman–Crippen LogP) is 1.67. The van der Waals surface area contributed by atoms with Crippen LogP contribution in [-0.2, 0) is 6.42 Å². The Morgan fingerprint density at radius 2 is 1.90 bits per heavy atom. The lowest BCUT2D eigenvalue weighted by Crippen LogP contribution is -2.41. The Bertz CT molecular complexity index is 458. The predicted molar refractivity (Wildman–Crippen MR) is 67.7 cm³/mol. The minimum Gasteiger partial charge on any atom is -0.392 e. The summed E-state index contributed by atoms with van der Waals surface area (Å²) in [5.74, 6) is -4.01. The van der Waals surface area contributed by atoms with Crippen LogP contribution in [0.1, 0.15) is 12.5 Å². The van der Waals surface area contributed by atoms with Gasteiger partial charge in [-0.05, 0) is 31.0 Å². The normalized spacial score (nSPS) is 12.1. The highest BCUT2D eigenvalue weighted by atomic mass is 19.2. The Kier molecular flexibility index (Phi) is 5.82. The van der Waals surface area contributed by atoms with E-state index in [2.05, 4.69) is 5.32 Å². The third-order valence-corrected chi connectivity index (χ3v) is 2.62. The summed E-state index contributed by atoms with van der Waals surface area (Å²) in [5, 5.41) is 11.6. The zero-order chi connectivity index (χ0) is 15.3. The van der Waals surface area contributed by atoms with Crippen molar-refractivity contribution in [3.8, 4) is 0 Å². The first-order valence-corrected chi connectivity index (χ1v) is 6.11. The van der Waals surface area contributed by atoms with E-state index in [4.69, 9.17) is 5.11 Å². The van der Waals surface area contributed by atoms with E-state index in [1.165, 1.54) is 11.9 Å². The highest BCUT2D eigenvalue weighted by Gasteiger charge is 2.12. The second-order valence-corrected chi connectivity index (χ2v) is 4.58. The zero-order valence-corrected chi connectivity index (χ0v) is 11.3. The standard InChI is InChI=1S/C13H17F3N2O2/c1-8(19)7-18(2)13(20)17-4-3-9-5-10(14)12(16)11(15)6-9/h5-6,8,19H,3-4,7H2,1-2H3,(H,17,20)/t8-/m0/s1. The second kappa shape index (κ2) is 7.14. The number of likely N-dealkylation sites (N-methyl/N-ethyl adjacent to an activating group) is 1. The summed E-state index contributed by atoms with van der Waals surface area (Å²) < 4.78 is 38.7. The molecular formula is C13H17F3N2O2. The molecule has 0 aliphatic heterocycles. The number of benzene rings is 1. The van der Waals surface area contributed by atoms with Crippen molar-refractivity contribution >= 4 is 6.03 Å².